The van der Waals surface area contributed by atoms with E-state index in [1.165, 1.54) is 18.4 Å². The lowest BCUT2D eigenvalue weighted by Gasteiger charge is -2.05. The van der Waals surface area contributed by atoms with Crippen molar-refractivity contribution in [1.29, 1.82) is 0 Å². The third-order valence-corrected chi connectivity index (χ3v) is 6.02. The van der Waals surface area contributed by atoms with Gasteiger partial charge in [0.25, 0.3) is 0 Å². The second-order valence-electron chi connectivity index (χ2n) is 5.08. The van der Waals surface area contributed by atoms with Gasteiger partial charge in [-0.1, -0.05) is 11.8 Å². The molecule has 4 rings (SSSR count). The van der Waals surface area contributed by atoms with E-state index < -0.39 is 0 Å². The third kappa shape index (κ3) is 2.77. The van der Waals surface area contributed by atoms with Gasteiger partial charge in [-0.05, 0) is 31.2 Å². The van der Waals surface area contributed by atoms with Gasteiger partial charge < -0.3 is 4.57 Å². The topological polar surface area (TPSA) is 43.6 Å². The first-order valence-corrected chi connectivity index (χ1v) is 9.63. The van der Waals surface area contributed by atoms with E-state index in [1.54, 1.807) is 34.4 Å². The lowest BCUT2D eigenvalue weighted by Crippen LogP contribution is -1.99. The van der Waals surface area contributed by atoms with Crippen LogP contribution < -0.4 is 0 Å². The van der Waals surface area contributed by atoms with E-state index in [-0.39, 0.29) is 0 Å². The summed E-state index contributed by atoms with van der Waals surface area (Å²) in [6.45, 7) is 2.03. The molecule has 1 saturated carbocycles. The molecule has 3 heterocycles. The highest BCUT2D eigenvalue weighted by Crippen LogP contribution is 2.39. The summed E-state index contributed by atoms with van der Waals surface area (Å²) >= 11 is 5.15. The molecule has 0 bridgehead atoms. The van der Waals surface area contributed by atoms with Crippen molar-refractivity contribution in [2.45, 2.75) is 36.7 Å². The number of rotatable bonds is 5. The molecular weight excluding hydrogens is 320 g/mol. The van der Waals surface area contributed by atoms with Crippen molar-refractivity contribution in [2.75, 3.05) is 0 Å². The zero-order valence-corrected chi connectivity index (χ0v) is 14.0. The summed E-state index contributed by atoms with van der Waals surface area (Å²) in [6, 6.07) is 2.74. The van der Waals surface area contributed by atoms with Crippen molar-refractivity contribution in [1.82, 2.24) is 19.7 Å². The predicted molar refractivity (Wildman–Crippen MR) is 88.0 cm³/mol. The van der Waals surface area contributed by atoms with E-state index in [0.29, 0.717) is 6.04 Å². The highest BCUT2D eigenvalue weighted by molar-refractivity contribution is 7.98. The van der Waals surface area contributed by atoms with Crippen molar-refractivity contribution in [2.24, 2.45) is 0 Å². The Morgan fingerprint density at radius 2 is 2.24 bits per heavy atom. The van der Waals surface area contributed by atoms with Crippen LogP contribution in [0.25, 0.3) is 10.6 Å². The molecule has 4 nitrogen and oxygen atoms in total. The lowest BCUT2D eigenvalue weighted by atomic mass is 10.4. The fraction of sp³-hybridized carbons (Fsp3) is 0.357. The quantitative estimate of drug-likeness (QED) is 0.649. The van der Waals surface area contributed by atoms with E-state index >= 15 is 0 Å². The smallest absolute Gasteiger partial charge is 0.191 e. The number of thiazole rings is 1. The molecule has 3 aromatic rings. The maximum Gasteiger partial charge on any atom is 0.191 e. The third-order valence-electron chi connectivity index (χ3n) is 3.42. The van der Waals surface area contributed by atoms with Crippen LogP contribution in [0.1, 0.15) is 30.4 Å². The Balaban J connectivity index is 1.48. The Morgan fingerprint density at radius 1 is 1.33 bits per heavy atom. The number of nitrogens with zero attached hydrogens (tertiary/aromatic N) is 4. The molecule has 1 fully saturated rings. The zero-order valence-electron chi connectivity index (χ0n) is 11.5. The Bertz CT molecular complexity index is 740. The predicted octanol–water partition coefficient (Wildman–Crippen LogP) is 4.40. The highest BCUT2D eigenvalue weighted by Gasteiger charge is 2.28. The summed E-state index contributed by atoms with van der Waals surface area (Å²) in [5.41, 5.74) is 2.34. The van der Waals surface area contributed by atoms with Gasteiger partial charge in [-0.2, -0.15) is 11.3 Å². The van der Waals surface area contributed by atoms with Gasteiger partial charge >= 0.3 is 0 Å². The largest absolute Gasteiger partial charge is 0.303 e. The molecular formula is C14H14N4S3. The van der Waals surface area contributed by atoms with E-state index in [0.717, 1.165) is 27.4 Å². The zero-order chi connectivity index (χ0) is 14.2. The van der Waals surface area contributed by atoms with Crippen LogP contribution in [-0.4, -0.2) is 19.7 Å². The van der Waals surface area contributed by atoms with E-state index in [2.05, 4.69) is 37.0 Å². The lowest BCUT2D eigenvalue weighted by molar-refractivity contribution is 0.644. The van der Waals surface area contributed by atoms with Crippen LogP contribution in [0.15, 0.2) is 27.4 Å². The van der Waals surface area contributed by atoms with Gasteiger partial charge in [0.05, 0.1) is 5.69 Å². The van der Waals surface area contributed by atoms with Gasteiger partial charge in [0.2, 0.25) is 0 Å². The fourth-order valence-electron chi connectivity index (χ4n) is 2.23. The molecule has 0 spiro atoms. The second-order valence-corrected chi connectivity index (χ2v) is 7.66. The molecule has 0 aliphatic heterocycles. The minimum atomic E-state index is 0.624. The van der Waals surface area contributed by atoms with Crippen molar-refractivity contribution < 1.29 is 0 Å². The molecule has 0 unspecified atom stereocenters. The van der Waals surface area contributed by atoms with Crippen LogP contribution in [0.4, 0.5) is 0 Å². The molecule has 21 heavy (non-hydrogen) atoms. The summed E-state index contributed by atoms with van der Waals surface area (Å²) in [6.07, 6.45) is 2.51. The number of hydrogen-bond acceptors (Lipinski definition) is 6. The molecule has 108 valence electrons. The van der Waals surface area contributed by atoms with Gasteiger partial charge in [-0.25, -0.2) is 4.98 Å². The molecule has 0 N–H and O–H groups in total. The Labute approximate surface area is 135 Å². The first-order chi connectivity index (χ1) is 10.3. The van der Waals surface area contributed by atoms with Crippen molar-refractivity contribution in [3.63, 3.8) is 0 Å². The van der Waals surface area contributed by atoms with Crippen LogP contribution in [0.3, 0.4) is 0 Å². The van der Waals surface area contributed by atoms with E-state index in [1.807, 2.05) is 6.92 Å². The van der Waals surface area contributed by atoms with Crippen LogP contribution in [0, 0.1) is 6.92 Å². The number of aromatic nitrogens is 4. The van der Waals surface area contributed by atoms with Gasteiger partial charge in [-0.15, -0.1) is 21.5 Å². The first-order valence-electron chi connectivity index (χ1n) is 6.82. The number of aryl methyl sites for hydroxylation is 1. The van der Waals surface area contributed by atoms with Gasteiger partial charge in [0.1, 0.15) is 10.8 Å². The van der Waals surface area contributed by atoms with Crippen molar-refractivity contribution in [3.05, 3.63) is 33.7 Å². The van der Waals surface area contributed by atoms with Gasteiger partial charge in [0, 0.05) is 28.1 Å². The summed E-state index contributed by atoms with van der Waals surface area (Å²) in [5.74, 6) is 1.88. The molecule has 0 aromatic carbocycles. The van der Waals surface area contributed by atoms with E-state index in [4.69, 9.17) is 4.98 Å². The maximum atomic E-state index is 4.71. The van der Waals surface area contributed by atoms with Crippen LogP contribution in [-0.2, 0) is 5.75 Å². The van der Waals surface area contributed by atoms with Gasteiger partial charge in [-0.3, -0.25) is 0 Å². The Hall–Kier alpha value is -1.18. The first kappa shape index (κ1) is 13.5. The molecule has 3 aromatic heterocycles. The monoisotopic (exact) mass is 334 g/mol. The minimum Gasteiger partial charge on any atom is -0.303 e. The second kappa shape index (κ2) is 5.55. The number of hydrogen-bond donors (Lipinski definition) is 0. The molecule has 0 radical (unpaired) electrons. The van der Waals surface area contributed by atoms with E-state index in [9.17, 15) is 0 Å². The SMILES string of the molecule is Cc1nnc(SCc2csc(-c3ccsc3)n2)n1C1CC1. The normalized spacial score (nSPS) is 14.7. The summed E-state index contributed by atoms with van der Waals surface area (Å²) in [4.78, 5) is 4.71. The van der Waals surface area contributed by atoms with Crippen LogP contribution >= 0.6 is 34.4 Å². The maximum absolute atomic E-state index is 4.71. The van der Waals surface area contributed by atoms with Crippen LogP contribution in [0.5, 0.6) is 0 Å². The molecule has 7 heteroatoms. The Morgan fingerprint density at radius 3 is 3.00 bits per heavy atom. The minimum absolute atomic E-state index is 0.624. The average molecular weight is 334 g/mol. The summed E-state index contributed by atoms with van der Waals surface area (Å²) in [5, 5.41) is 17.0. The highest BCUT2D eigenvalue weighted by atomic mass is 32.2. The number of thioether (sulfide) groups is 1. The van der Waals surface area contributed by atoms with Crippen LogP contribution in [0.2, 0.25) is 0 Å². The molecule has 0 atom stereocenters. The summed E-state index contributed by atoms with van der Waals surface area (Å²) < 4.78 is 2.27. The standard InChI is InChI=1S/C14H14N4S3/c1-9-16-17-14(18(9)12-2-3-12)21-8-11-7-20-13(15-11)10-4-5-19-6-10/h4-7,12H,2-3,8H2,1H3. The summed E-state index contributed by atoms with van der Waals surface area (Å²) in [7, 11) is 0. The molecule has 0 amide bonds. The van der Waals surface area contributed by atoms with Gasteiger partial charge in [0.15, 0.2) is 5.16 Å². The van der Waals surface area contributed by atoms with Crippen molar-refractivity contribution in [3.8, 4) is 10.6 Å². The molecule has 1 aliphatic rings. The number of thiophene rings is 1. The Kier molecular flexibility index (Phi) is 3.56. The molecule has 1 aliphatic carbocycles. The van der Waals surface area contributed by atoms with Crippen molar-refractivity contribution >= 4 is 34.4 Å². The fourth-order valence-corrected chi connectivity index (χ4v) is 4.81. The molecule has 0 saturated heterocycles. The average Bonchev–Trinajstić information content (AvgIpc) is 2.94.